The Morgan fingerprint density at radius 2 is 2.18 bits per heavy atom. The van der Waals surface area contributed by atoms with Gasteiger partial charge in [0.2, 0.25) is 0 Å². The molecule has 5 nitrogen and oxygen atoms in total. The van der Waals surface area contributed by atoms with Crippen LogP contribution >= 0.6 is 0 Å². The number of allylic oxidation sites excluding steroid dienone is 1. The van der Waals surface area contributed by atoms with Crippen LogP contribution in [-0.2, 0) is 4.79 Å². The fourth-order valence-corrected chi connectivity index (χ4v) is 1.19. The van der Waals surface area contributed by atoms with E-state index in [1.807, 2.05) is 0 Å². The number of amidine groups is 1. The fourth-order valence-electron chi connectivity index (χ4n) is 1.19. The van der Waals surface area contributed by atoms with E-state index >= 15 is 0 Å². The fraction of sp³-hybridized carbons (Fsp3) is 0.636. The Hall–Kier alpha value is -1.43. The molecule has 0 heterocycles. The molecule has 0 saturated carbocycles. The van der Waals surface area contributed by atoms with Crippen LogP contribution in [0.2, 0.25) is 0 Å². The Kier molecular flexibility index (Phi) is 6.42. The smallest absolute Gasteiger partial charge is 0.323 e. The predicted octanol–water partition coefficient (Wildman–Crippen LogP) is 1.19. The second kappa shape index (κ2) is 7.01. The molecule has 0 rings (SSSR count). The molecule has 0 amide bonds. The van der Waals surface area contributed by atoms with Crippen molar-refractivity contribution < 1.29 is 14.3 Å². The maximum absolute atomic E-state index is 13.2. The zero-order valence-corrected chi connectivity index (χ0v) is 10.2. The summed E-state index contributed by atoms with van der Waals surface area (Å²) in [6, 6.07) is 0. The number of carboxylic acid groups (broad SMARTS) is 1. The average molecular weight is 245 g/mol. The average Bonchev–Trinajstić information content (AvgIpc) is 2.25. The Morgan fingerprint density at radius 1 is 1.59 bits per heavy atom. The molecule has 0 radical (unpaired) electrons. The summed E-state index contributed by atoms with van der Waals surface area (Å²) in [5, 5.41) is 8.90. The van der Waals surface area contributed by atoms with Gasteiger partial charge in [-0.3, -0.25) is 9.79 Å². The molecule has 0 aliphatic carbocycles. The summed E-state index contributed by atoms with van der Waals surface area (Å²) in [5.41, 5.74) is 9.62. The van der Waals surface area contributed by atoms with Gasteiger partial charge in [0.1, 0.15) is 11.4 Å². The van der Waals surface area contributed by atoms with Gasteiger partial charge in [-0.05, 0) is 26.2 Å². The molecule has 6 heteroatoms. The molecule has 0 saturated heterocycles. The highest BCUT2D eigenvalue weighted by atomic mass is 19.1. The lowest BCUT2D eigenvalue weighted by atomic mass is 9.92. The highest BCUT2D eigenvalue weighted by molar-refractivity contribution is 5.78. The molecule has 0 bridgehead atoms. The molecule has 98 valence electrons. The van der Waals surface area contributed by atoms with Gasteiger partial charge in [-0.2, -0.15) is 0 Å². The summed E-state index contributed by atoms with van der Waals surface area (Å²) in [7, 11) is 0. The van der Waals surface area contributed by atoms with Crippen molar-refractivity contribution in [3.05, 3.63) is 11.9 Å². The van der Waals surface area contributed by atoms with Crippen molar-refractivity contribution in [2.75, 3.05) is 6.54 Å². The topological polar surface area (TPSA) is 102 Å². The number of hydrogen-bond acceptors (Lipinski definition) is 3. The maximum atomic E-state index is 13.2. The molecule has 1 atom stereocenters. The highest BCUT2D eigenvalue weighted by Crippen LogP contribution is 2.16. The van der Waals surface area contributed by atoms with E-state index in [4.69, 9.17) is 16.6 Å². The molecule has 0 aliphatic rings. The van der Waals surface area contributed by atoms with E-state index in [2.05, 4.69) is 4.99 Å². The van der Waals surface area contributed by atoms with Gasteiger partial charge in [-0.25, -0.2) is 4.39 Å². The van der Waals surface area contributed by atoms with Gasteiger partial charge in [0.05, 0.1) is 12.4 Å². The first-order chi connectivity index (χ1) is 7.81. The van der Waals surface area contributed by atoms with Crippen LogP contribution < -0.4 is 11.5 Å². The molecule has 17 heavy (non-hydrogen) atoms. The van der Waals surface area contributed by atoms with Crippen LogP contribution in [0.3, 0.4) is 0 Å². The number of halogens is 1. The summed E-state index contributed by atoms with van der Waals surface area (Å²) < 4.78 is 13.2. The van der Waals surface area contributed by atoms with Crippen LogP contribution in [0.15, 0.2) is 16.9 Å². The van der Waals surface area contributed by atoms with Crippen molar-refractivity contribution in [3.8, 4) is 0 Å². The molecule has 0 aromatic rings. The lowest BCUT2D eigenvalue weighted by molar-refractivity contribution is -0.143. The highest BCUT2D eigenvalue weighted by Gasteiger charge is 2.30. The first-order valence-electron chi connectivity index (χ1n) is 5.45. The van der Waals surface area contributed by atoms with E-state index in [0.29, 0.717) is 12.3 Å². The van der Waals surface area contributed by atoms with Crippen molar-refractivity contribution in [2.24, 2.45) is 16.5 Å². The molecule has 0 aliphatic heterocycles. The largest absolute Gasteiger partial charge is 0.480 e. The summed E-state index contributed by atoms with van der Waals surface area (Å²) >= 11 is 0. The van der Waals surface area contributed by atoms with Crippen molar-refractivity contribution in [2.45, 2.75) is 38.6 Å². The molecule has 5 N–H and O–H groups in total. The van der Waals surface area contributed by atoms with Gasteiger partial charge < -0.3 is 16.6 Å². The number of carbonyl (C=O) groups is 1. The number of nitrogens with zero attached hydrogens (tertiary/aromatic N) is 1. The van der Waals surface area contributed by atoms with Crippen LogP contribution in [-0.4, -0.2) is 29.0 Å². The normalized spacial score (nSPS) is 16.7. The number of hydrogen-bond donors (Lipinski definition) is 3. The van der Waals surface area contributed by atoms with Gasteiger partial charge in [-0.1, -0.05) is 13.0 Å². The predicted molar refractivity (Wildman–Crippen MR) is 65.4 cm³/mol. The molecule has 0 spiro atoms. The minimum atomic E-state index is -1.29. The zero-order chi connectivity index (χ0) is 13.5. The van der Waals surface area contributed by atoms with Gasteiger partial charge in [0.25, 0.3) is 0 Å². The quantitative estimate of drug-likeness (QED) is 0.463. The Balaban J connectivity index is 4.25. The summed E-state index contributed by atoms with van der Waals surface area (Å²) in [6.45, 7) is 3.15. The van der Waals surface area contributed by atoms with Crippen molar-refractivity contribution in [1.82, 2.24) is 0 Å². The van der Waals surface area contributed by atoms with E-state index in [1.54, 1.807) is 13.8 Å². The van der Waals surface area contributed by atoms with Crippen LogP contribution in [0.1, 0.15) is 33.1 Å². The van der Waals surface area contributed by atoms with E-state index in [1.165, 1.54) is 6.08 Å². The van der Waals surface area contributed by atoms with Gasteiger partial charge >= 0.3 is 5.97 Å². The van der Waals surface area contributed by atoms with Crippen molar-refractivity contribution in [1.29, 1.82) is 0 Å². The van der Waals surface area contributed by atoms with E-state index in [-0.39, 0.29) is 19.4 Å². The Morgan fingerprint density at radius 3 is 2.59 bits per heavy atom. The monoisotopic (exact) mass is 245 g/mol. The van der Waals surface area contributed by atoms with E-state index in [0.717, 1.165) is 0 Å². The first kappa shape index (κ1) is 15.6. The summed E-state index contributed by atoms with van der Waals surface area (Å²) in [5.74, 6) is -1.19. The second-order valence-electron chi connectivity index (χ2n) is 3.96. The number of nitrogens with two attached hydrogens (primary N) is 2. The minimum Gasteiger partial charge on any atom is -0.480 e. The summed E-state index contributed by atoms with van der Waals surface area (Å²) in [4.78, 5) is 14.6. The number of aliphatic carboxylic acids is 1. The molecule has 1 unspecified atom stereocenters. The summed E-state index contributed by atoms with van der Waals surface area (Å²) in [6.07, 6.45) is 2.06. The van der Waals surface area contributed by atoms with Crippen LogP contribution in [0, 0.1) is 0 Å². The van der Waals surface area contributed by atoms with Crippen molar-refractivity contribution in [3.63, 3.8) is 0 Å². The van der Waals surface area contributed by atoms with Crippen LogP contribution in [0.25, 0.3) is 0 Å². The van der Waals surface area contributed by atoms with Crippen LogP contribution in [0.5, 0.6) is 0 Å². The lowest BCUT2D eigenvalue weighted by Gasteiger charge is -2.21. The third-order valence-corrected chi connectivity index (χ3v) is 2.49. The van der Waals surface area contributed by atoms with Crippen LogP contribution in [0.4, 0.5) is 4.39 Å². The standard InChI is InChI=1S/C11H20FN3O2/c1-3-11(14,10(16)17)6-4-5-9(12)7-15-8(2)13/h5H,3-4,6-7,14H2,1-2H3,(H2,13,15)(H,16,17)/b9-5+. The second-order valence-corrected chi connectivity index (χ2v) is 3.96. The molecule has 0 aromatic carbocycles. The Bertz CT molecular complexity index is 325. The number of aliphatic imine (C=N–C) groups is 1. The zero-order valence-electron chi connectivity index (χ0n) is 10.2. The lowest BCUT2D eigenvalue weighted by Crippen LogP contribution is -2.47. The molecular formula is C11H20FN3O2. The maximum Gasteiger partial charge on any atom is 0.323 e. The molecular weight excluding hydrogens is 225 g/mol. The third kappa shape index (κ3) is 6.01. The minimum absolute atomic E-state index is 0.112. The van der Waals surface area contributed by atoms with Crippen molar-refractivity contribution >= 4 is 11.8 Å². The SMILES string of the molecule is CCC(N)(CC/C=C(/F)CN=C(C)N)C(=O)O. The van der Waals surface area contributed by atoms with E-state index in [9.17, 15) is 9.18 Å². The van der Waals surface area contributed by atoms with Gasteiger partial charge in [0.15, 0.2) is 0 Å². The molecule has 0 fully saturated rings. The number of carboxylic acids is 1. The van der Waals surface area contributed by atoms with Gasteiger partial charge in [-0.15, -0.1) is 0 Å². The first-order valence-corrected chi connectivity index (χ1v) is 5.45. The van der Waals surface area contributed by atoms with Gasteiger partial charge in [0, 0.05) is 0 Å². The molecule has 0 aromatic heterocycles. The number of rotatable bonds is 7. The third-order valence-electron chi connectivity index (χ3n) is 2.49. The Labute approximate surface area is 100 Å². The van der Waals surface area contributed by atoms with E-state index < -0.39 is 17.3 Å².